The van der Waals surface area contributed by atoms with Crippen LogP contribution in [0.25, 0.3) is 0 Å². The van der Waals surface area contributed by atoms with Crippen LogP contribution in [0.15, 0.2) is 48.1 Å². The Bertz CT molecular complexity index is 463. The minimum Gasteiger partial charge on any atom is -0.300 e. The lowest BCUT2D eigenvalue weighted by Gasteiger charge is -2.02. The molecule has 0 radical (unpaired) electrons. The van der Waals surface area contributed by atoms with Gasteiger partial charge >= 0.3 is 0 Å². The van der Waals surface area contributed by atoms with Gasteiger partial charge in [-0.1, -0.05) is 60.6 Å². The van der Waals surface area contributed by atoms with E-state index >= 15 is 0 Å². The van der Waals surface area contributed by atoms with E-state index in [1.165, 1.54) is 16.7 Å². The predicted octanol–water partition coefficient (Wildman–Crippen LogP) is 4.66. The Kier molecular flexibility index (Phi) is 6.27. The molecule has 0 heterocycles. The molecule has 0 spiro atoms. The van der Waals surface area contributed by atoms with Crippen molar-refractivity contribution < 1.29 is 4.79 Å². The number of carbonyl (C=O) groups is 1. The van der Waals surface area contributed by atoms with Gasteiger partial charge in [0, 0.05) is 5.92 Å². The summed E-state index contributed by atoms with van der Waals surface area (Å²) in [4.78, 5) is 11.1. The summed E-state index contributed by atoms with van der Waals surface area (Å²) in [6, 6.07) is 8.62. The molecule has 0 N–H and O–H groups in total. The number of Topliss-reactive ketones (excluding diaryl/α,β-unsaturated/α-hetero) is 1. The van der Waals surface area contributed by atoms with Gasteiger partial charge in [0.2, 0.25) is 0 Å². The second-order valence-corrected chi connectivity index (χ2v) is 5.29. The molecule has 0 bridgehead atoms. The molecule has 0 aliphatic rings. The minimum atomic E-state index is 0.126. The van der Waals surface area contributed by atoms with Crippen LogP contribution in [-0.2, 0) is 11.2 Å². The molecule has 0 saturated heterocycles. The first kappa shape index (κ1) is 15.4. The number of hydrogen-bond acceptors (Lipinski definition) is 1. The van der Waals surface area contributed by atoms with Crippen molar-refractivity contribution in [3.63, 3.8) is 0 Å². The molecule has 0 fully saturated rings. The van der Waals surface area contributed by atoms with Gasteiger partial charge in [0.1, 0.15) is 5.78 Å². The molecule has 1 aromatic rings. The summed E-state index contributed by atoms with van der Waals surface area (Å²) < 4.78 is 0. The zero-order chi connectivity index (χ0) is 14.3. The molecule has 102 valence electrons. The van der Waals surface area contributed by atoms with Gasteiger partial charge in [-0.25, -0.2) is 0 Å². The lowest BCUT2D eigenvalue weighted by molar-refractivity contribution is -0.120. The van der Waals surface area contributed by atoms with Crippen molar-refractivity contribution >= 4 is 5.78 Å². The van der Waals surface area contributed by atoms with Crippen LogP contribution in [0.2, 0.25) is 0 Å². The maximum atomic E-state index is 11.1. The van der Waals surface area contributed by atoms with Crippen molar-refractivity contribution in [1.29, 1.82) is 0 Å². The highest BCUT2D eigenvalue weighted by atomic mass is 16.1. The lowest BCUT2D eigenvalue weighted by Crippen LogP contribution is -2.04. The Labute approximate surface area is 117 Å². The van der Waals surface area contributed by atoms with Crippen molar-refractivity contribution in [2.75, 3.05) is 0 Å². The topological polar surface area (TPSA) is 17.1 Å². The first-order valence-corrected chi connectivity index (χ1v) is 6.88. The molecule has 1 atom stereocenters. The maximum absolute atomic E-state index is 11.1. The van der Waals surface area contributed by atoms with Crippen molar-refractivity contribution in [2.45, 2.75) is 40.5 Å². The fourth-order valence-electron chi connectivity index (χ4n) is 1.70. The van der Waals surface area contributed by atoms with E-state index in [1.54, 1.807) is 6.92 Å². The summed E-state index contributed by atoms with van der Waals surface area (Å²) in [6.07, 6.45) is 8.20. The molecule has 0 aromatic heterocycles. The molecule has 1 heteroatoms. The molecular formula is C18H24O. The molecule has 0 aliphatic heterocycles. The highest BCUT2D eigenvalue weighted by molar-refractivity contribution is 5.77. The van der Waals surface area contributed by atoms with E-state index in [0.29, 0.717) is 0 Å². The van der Waals surface area contributed by atoms with E-state index < -0.39 is 0 Å². The number of ketones is 1. The van der Waals surface area contributed by atoms with Crippen LogP contribution in [-0.4, -0.2) is 5.78 Å². The summed E-state index contributed by atoms with van der Waals surface area (Å²) in [7, 11) is 0. The predicted molar refractivity (Wildman–Crippen MR) is 82.2 cm³/mol. The maximum Gasteiger partial charge on any atom is 0.132 e. The van der Waals surface area contributed by atoms with Gasteiger partial charge in [0.25, 0.3) is 0 Å². The van der Waals surface area contributed by atoms with Crippen LogP contribution in [0.3, 0.4) is 0 Å². The normalized spacial score (nSPS) is 13.8. The Balaban J connectivity index is 2.46. The minimum absolute atomic E-state index is 0.126. The first-order valence-electron chi connectivity index (χ1n) is 6.88. The van der Waals surface area contributed by atoms with Crippen LogP contribution in [0.4, 0.5) is 0 Å². The number of allylic oxidation sites excluding steroid dienone is 4. The van der Waals surface area contributed by atoms with Crippen molar-refractivity contribution in [2.24, 2.45) is 5.92 Å². The van der Waals surface area contributed by atoms with Gasteiger partial charge in [-0.2, -0.15) is 0 Å². The third-order valence-electron chi connectivity index (χ3n) is 3.34. The van der Waals surface area contributed by atoms with Crippen molar-refractivity contribution in [1.82, 2.24) is 0 Å². The third kappa shape index (κ3) is 6.19. The van der Waals surface area contributed by atoms with Crippen LogP contribution < -0.4 is 0 Å². The summed E-state index contributed by atoms with van der Waals surface area (Å²) in [5.41, 5.74) is 3.87. The molecule has 0 saturated carbocycles. The SMILES string of the molecule is CC(=O)C(C)C/C=C/C(C)=C/Cc1ccc(C)cc1. The van der Waals surface area contributed by atoms with Crippen molar-refractivity contribution in [3.05, 3.63) is 59.2 Å². The fourth-order valence-corrected chi connectivity index (χ4v) is 1.70. The van der Waals surface area contributed by atoms with Crippen molar-refractivity contribution in [3.8, 4) is 0 Å². The Morgan fingerprint density at radius 1 is 1.21 bits per heavy atom. The van der Waals surface area contributed by atoms with Gasteiger partial charge in [-0.3, -0.25) is 4.79 Å². The largest absolute Gasteiger partial charge is 0.300 e. The summed E-state index contributed by atoms with van der Waals surface area (Å²) in [5, 5.41) is 0. The number of aryl methyl sites for hydroxylation is 1. The van der Waals surface area contributed by atoms with Gasteiger partial charge in [-0.15, -0.1) is 0 Å². The average molecular weight is 256 g/mol. The van der Waals surface area contributed by atoms with Gasteiger partial charge in [0.05, 0.1) is 0 Å². The van der Waals surface area contributed by atoms with E-state index in [9.17, 15) is 4.79 Å². The van der Waals surface area contributed by atoms with E-state index in [1.807, 2.05) is 6.92 Å². The quantitative estimate of drug-likeness (QED) is 0.677. The van der Waals surface area contributed by atoms with Gasteiger partial charge in [0.15, 0.2) is 0 Å². The van der Waals surface area contributed by atoms with Gasteiger partial charge < -0.3 is 0 Å². The summed E-state index contributed by atoms with van der Waals surface area (Å²) in [6.45, 7) is 7.82. The number of hydrogen-bond donors (Lipinski definition) is 0. The molecule has 0 aliphatic carbocycles. The zero-order valence-corrected chi connectivity index (χ0v) is 12.4. The van der Waals surface area contributed by atoms with Gasteiger partial charge in [-0.05, 0) is 39.2 Å². The zero-order valence-electron chi connectivity index (χ0n) is 12.4. The average Bonchev–Trinajstić information content (AvgIpc) is 2.37. The van der Waals surface area contributed by atoms with E-state index in [4.69, 9.17) is 0 Å². The second-order valence-electron chi connectivity index (χ2n) is 5.29. The number of carbonyl (C=O) groups excluding carboxylic acids is 1. The van der Waals surface area contributed by atoms with E-state index in [0.717, 1.165) is 12.8 Å². The highest BCUT2D eigenvalue weighted by Gasteiger charge is 2.03. The van der Waals surface area contributed by atoms with Crippen LogP contribution >= 0.6 is 0 Å². The van der Waals surface area contributed by atoms with Crippen LogP contribution in [0.5, 0.6) is 0 Å². The Morgan fingerprint density at radius 3 is 2.42 bits per heavy atom. The molecular weight excluding hydrogens is 232 g/mol. The summed E-state index contributed by atoms with van der Waals surface area (Å²) >= 11 is 0. The lowest BCUT2D eigenvalue weighted by atomic mass is 10.0. The molecule has 1 rings (SSSR count). The smallest absolute Gasteiger partial charge is 0.132 e. The first-order chi connectivity index (χ1) is 8.99. The molecule has 1 nitrogen and oxygen atoms in total. The monoisotopic (exact) mass is 256 g/mol. The molecule has 0 amide bonds. The Morgan fingerprint density at radius 2 is 1.84 bits per heavy atom. The van der Waals surface area contributed by atoms with Crippen LogP contribution in [0.1, 0.15) is 38.3 Å². The molecule has 1 unspecified atom stereocenters. The Hall–Kier alpha value is -1.63. The molecule has 19 heavy (non-hydrogen) atoms. The number of benzene rings is 1. The number of rotatable bonds is 6. The highest BCUT2D eigenvalue weighted by Crippen LogP contribution is 2.08. The van der Waals surface area contributed by atoms with E-state index in [-0.39, 0.29) is 11.7 Å². The second kappa shape index (κ2) is 7.73. The third-order valence-corrected chi connectivity index (χ3v) is 3.34. The standard InChI is InChI=1S/C18H24O/c1-14(6-5-7-16(3)17(4)19)8-11-18-12-9-15(2)10-13-18/h5-6,8-10,12-13,16H,7,11H2,1-4H3/b6-5+,14-8+. The van der Waals surface area contributed by atoms with E-state index in [2.05, 4.69) is 56.3 Å². The summed E-state index contributed by atoms with van der Waals surface area (Å²) in [5.74, 6) is 0.382. The molecule has 1 aromatic carbocycles. The van der Waals surface area contributed by atoms with Crippen LogP contribution in [0, 0.1) is 12.8 Å². The fraction of sp³-hybridized carbons (Fsp3) is 0.389.